The summed E-state index contributed by atoms with van der Waals surface area (Å²) < 4.78 is 28.9. The molecule has 0 radical (unpaired) electrons. The number of hydrogen-bond donors (Lipinski definition) is 7. The second-order valence-electron chi connectivity index (χ2n) is 14.4. The van der Waals surface area contributed by atoms with Crippen LogP contribution in [0.1, 0.15) is 64.6 Å². The Morgan fingerprint density at radius 3 is 2.27 bits per heavy atom. The second-order valence-corrected chi connectivity index (χ2v) is 15.8. The lowest BCUT2D eigenvalue weighted by molar-refractivity contribution is -0.139. The van der Waals surface area contributed by atoms with Gasteiger partial charge >= 0.3 is 7.82 Å². The van der Waals surface area contributed by atoms with Crippen molar-refractivity contribution in [2.45, 2.75) is 96.1 Å². The molecule has 3 rings (SSSR count). The first-order chi connectivity index (χ1) is 28.0. The summed E-state index contributed by atoms with van der Waals surface area (Å²) in [6, 6.07) is 2.57. The molecule has 1 saturated heterocycles. The van der Waals surface area contributed by atoms with Crippen molar-refractivity contribution in [1.29, 1.82) is 0 Å². The average Bonchev–Trinajstić information content (AvgIpc) is 3.86. The molecule has 0 bridgehead atoms. The van der Waals surface area contributed by atoms with Crippen molar-refractivity contribution >= 4 is 55.5 Å². The van der Waals surface area contributed by atoms with Crippen molar-refractivity contribution in [2.24, 2.45) is 11.7 Å². The number of likely N-dealkylation sites (tertiary alicyclic amines) is 1. The number of amides is 6. The number of nitrogens with two attached hydrogens (primary N) is 1. The molecule has 6 amide bonds. The molecule has 0 saturated carbocycles. The molecule has 7 atom stereocenters. The Bertz CT molecular complexity index is 1810. The molecule has 59 heavy (non-hydrogen) atoms. The third-order valence-corrected chi connectivity index (χ3v) is 10.4. The number of benzene rings is 1. The van der Waals surface area contributed by atoms with Gasteiger partial charge in [-0.05, 0) is 50.2 Å². The quantitative estimate of drug-likeness (QED) is 0.0546. The lowest BCUT2D eigenvalue weighted by Crippen LogP contribution is -2.61. The molecule has 21 heteroatoms. The van der Waals surface area contributed by atoms with E-state index in [1.54, 1.807) is 16.8 Å². The smallest absolute Gasteiger partial charge is 0.394 e. The van der Waals surface area contributed by atoms with Crippen molar-refractivity contribution < 1.29 is 57.1 Å². The summed E-state index contributed by atoms with van der Waals surface area (Å²) in [7, 11) is -3.30. The Labute approximate surface area is 343 Å². The van der Waals surface area contributed by atoms with Gasteiger partial charge in [-0.1, -0.05) is 44.2 Å². The molecule has 0 spiro atoms. The standard InChI is InChI=1S/C38H57N8O12P/c1-24(2)19-29(42-38(53)32-13-9-15-46(32)26(4)48)35(50)41-30(20-28-21-40-23-45(28)16-14-27-11-7-6-8-12-27)36(51)43-31(22-47)37(52)44-33(34(39)49)25(3)58-59(54,55)57-18-10-17-56-5/h6-8,11-12,14,16,21,23-25,29-33,47H,9-10,13,15,17-20,22H2,1-5H3,(H2,39,49)(H,41,50)(H,42,53)(H,43,51)(H,44,52)(H,54,55)/b16-14-/t25-,29+,30+,31+,32+,33+/m1/s1. The molecule has 1 unspecified atom stereocenters. The predicted octanol–water partition coefficient (Wildman–Crippen LogP) is 0.0859. The number of aromatic nitrogens is 2. The van der Waals surface area contributed by atoms with Gasteiger partial charge in [0.15, 0.2) is 0 Å². The van der Waals surface area contributed by atoms with Gasteiger partial charge in [-0.15, -0.1) is 0 Å². The monoisotopic (exact) mass is 848 g/mol. The first-order valence-electron chi connectivity index (χ1n) is 19.2. The van der Waals surface area contributed by atoms with Crippen LogP contribution in [0.2, 0.25) is 0 Å². The van der Waals surface area contributed by atoms with E-state index in [2.05, 4.69) is 26.3 Å². The molecule has 0 aliphatic carbocycles. The number of methoxy groups -OCH3 is 1. The van der Waals surface area contributed by atoms with Gasteiger partial charge < -0.3 is 51.2 Å². The van der Waals surface area contributed by atoms with E-state index in [0.29, 0.717) is 25.1 Å². The minimum atomic E-state index is -4.73. The van der Waals surface area contributed by atoms with Gasteiger partial charge in [0, 0.05) is 51.7 Å². The highest BCUT2D eigenvalue weighted by atomic mass is 31.2. The zero-order chi connectivity index (χ0) is 43.7. The van der Waals surface area contributed by atoms with E-state index in [1.807, 2.05) is 44.2 Å². The van der Waals surface area contributed by atoms with E-state index in [9.17, 15) is 43.3 Å². The summed E-state index contributed by atoms with van der Waals surface area (Å²) in [5, 5.41) is 20.3. The largest absolute Gasteiger partial charge is 0.472 e. The fourth-order valence-electron chi connectivity index (χ4n) is 6.26. The fourth-order valence-corrected chi connectivity index (χ4v) is 7.22. The molecule has 1 fully saturated rings. The first kappa shape index (κ1) is 48.4. The number of rotatable bonds is 24. The number of phosphoric acid groups is 1. The number of carbonyl (C=O) groups excluding carboxylic acids is 6. The van der Waals surface area contributed by atoms with Gasteiger partial charge in [0.1, 0.15) is 30.2 Å². The van der Waals surface area contributed by atoms with Gasteiger partial charge in [-0.3, -0.25) is 37.8 Å². The van der Waals surface area contributed by atoms with Crippen LogP contribution < -0.4 is 27.0 Å². The summed E-state index contributed by atoms with van der Waals surface area (Å²) in [5.41, 5.74) is 6.80. The van der Waals surface area contributed by atoms with E-state index in [-0.39, 0.29) is 44.3 Å². The maximum atomic E-state index is 14.0. The second kappa shape index (κ2) is 23.6. The summed E-state index contributed by atoms with van der Waals surface area (Å²) in [4.78, 5) is 95.2. The number of imidazole rings is 1. The van der Waals surface area contributed by atoms with Crippen LogP contribution >= 0.6 is 7.82 Å². The Morgan fingerprint density at radius 2 is 1.64 bits per heavy atom. The Morgan fingerprint density at radius 1 is 0.983 bits per heavy atom. The Balaban J connectivity index is 1.86. The number of aliphatic hydroxyl groups is 1. The third-order valence-electron chi connectivity index (χ3n) is 9.26. The number of aliphatic hydroxyl groups excluding tert-OH is 1. The summed E-state index contributed by atoms with van der Waals surface area (Å²) in [6.07, 6.45) is 6.23. The number of carbonyl (C=O) groups is 6. The SMILES string of the molecule is COCCCOP(=O)(O)O[C@H](C)[C@H](NC(=O)[C@H](CO)NC(=O)[C@H](Cc1cncn1/C=C\c1ccccc1)NC(=O)[C@H](CC(C)C)NC(=O)[C@@H]1CCCN1C(C)=O)C(N)=O. The topological polar surface area (TPSA) is 283 Å². The maximum absolute atomic E-state index is 14.0. The van der Waals surface area contributed by atoms with Crippen molar-refractivity contribution in [1.82, 2.24) is 35.7 Å². The molecule has 20 nitrogen and oxygen atoms in total. The highest BCUT2D eigenvalue weighted by Gasteiger charge is 2.38. The lowest BCUT2D eigenvalue weighted by atomic mass is 10.0. The molecule has 2 aromatic rings. The van der Waals surface area contributed by atoms with Crippen LogP contribution in [-0.4, -0.2) is 130 Å². The molecular weight excluding hydrogens is 791 g/mol. The highest BCUT2D eigenvalue weighted by molar-refractivity contribution is 7.47. The number of primary amides is 1. The number of phosphoric ester groups is 1. The predicted molar refractivity (Wildman–Crippen MR) is 214 cm³/mol. The highest BCUT2D eigenvalue weighted by Crippen LogP contribution is 2.45. The zero-order valence-corrected chi connectivity index (χ0v) is 34.8. The lowest BCUT2D eigenvalue weighted by Gasteiger charge is -2.28. The van der Waals surface area contributed by atoms with Crippen molar-refractivity contribution in [3.63, 3.8) is 0 Å². The van der Waals surface area contributed by atoms with Crippen LogP contribution in [0, 0.1) is 5.92 Å². The van der Waals surface area contributed by atoms with Gasteiger partial charge in [0.25, 0.3) is 0 Å². The van der Waals surface area contributed by atoms with Crippen LogP contribution in [0.15, 0.2) is 42.9 Å². The summed E-state index contributed by atoms with van der Waals surface area (Å²) >= 11 is 0. The number of hydrogen-bond acceptors (Lipinski definition) is 12. The maximum Gasteiger partial charge on any atom is 0.472 e. The summed E-state index contributed by atoms with van der Waals surface area (Å²) in [6.45, 7) is 5.67. The first-order valence-corrected chi connectivity index (χ1v) is 20.7. The van der Waals surface area contributed by atoms with Gasteiger partial charge in [0.2, 0.25) is 35.4 Å². The van der Waals surface area contributed by atoms with Gasteiger partial charge in [0.05, 0.1) is 25.6 Å². The van der Waals surface area contributed by atoms with E-state index in [1.165, 1.54) is 38.4 Å². The number of ether oxygens (including phenoxy) is 1. The van der Waals surface area contributed by atoms with Crippen molar-refractivity contribution in [3.8, 4) is 0 Å². The fraction of sp³-hybridized carbons (Fsp3) is 0.553. The van der Waals surface area contributed by atoms with E-state index in [4.69, 9.17) is 19.5 Å². The molecule has 1 aromatic carbocycles. The molecule has 2 heterocycles. The van der Waals surface area contributed by atoms with Crippen LogP contribution in [0.4, 0.5) is 0 Å². The number of nitrogens with zero attached hydrogens (tertiary/aromatic N) is 3. The van der Waals surface area contributed by atoms with E-state index >= 15 is 0 Å². The normalized spacial score (nSPS) is 17.7. The molecule has 1 aromatic heterocycles. The van der Waals surface area contributed by atoms with Crippen LogP contribution in [0.3, 0.4) is 0 Å². The van der Waals surface area contributed by atoms with Gasteiger partial charge in [-0.2, -0.15) is 0 Å². The van der Waals surface area contributed by atoms with Crippen LogP contribution in [0.25, 0.3) is 12.3 Å². The van der Waals surface area contributed by atoms with Crippen LogP contribution in [-0.2, 0) is 53.5 Å². The summed E-state index contributed by atoms with van der Waals surface area (Å²) in [5.74, 6) is -4.84. The molecule has 1 aliphatic rings. The van der Waals surface area contributed by atoms with Crippen molar-refractivity contribution in [3.05, 3.63) is 54.1 Å². The van der Waals surface area contributed by atoms with Gasteiger partial charge in [-0.25, -0.2) is 9.55 Å². The molecule has 8 N–H and O–H groups in total. The van der Waals surface area contributed by atoms with E-state index in [0.717, 1.165) is 5.56 Å². The molecule has 1 aliphatic heterocycles. The Kier molecular flexibility index (Phi) is 19.3. The third kappa shape index (κ3) is 15.6. The number of nitrogens with one attached hydrogen (secondary N) is 4. The minimum absolute atomic E-state index is 0.0932. The minimum Gasteiger partial charge on any atom is -0.394 e. The van der Waals surface area contributed by atoms with Crippen molar-refractivity contribution in [2.75, 3.05) is 33.5 Å². The Hall–Kier alpha value is -4.98. The van der Waals surface area contributed by atoms with Crippen LogP contribution in [0.5, 0.6) is 0 Å². The average molecular weight is 849 g/mol. The zero-order valence-electron chi connectivity index (χ0n) is 33.9. The molecular formula is C38H57N8O12P. The molecule has 326 valence electrons. The van der Waals surface area contributed by atoms with E-state index < -0.39 is 80.3 Å².